The van der Waals surface area contributed by atoms with Gasteiger partial charge in [0.1, 0.15) is 0 Å². The lowest BCUT2D eigenvalue weighted by atomic mass is 10.2. The number of rotatable bonds is 2. The molecule has 2 aromatic heterocycles. The summed E-state index contributed by atoms with van der Waals surface area (Å²) >= 11 is 0. The van der Waals surface area contributed by atoms with Crippen LogP contribution in [-0.4, -0.2) is 9.97 Å². The van der Waals surface area contributed by atoms with E-state index in [0.29, 0.717) is 0 Å². The third-order valence-corrected chi connectivity index (χ3v) is 1.81. The molecule has 0 unspecified atom stereocenters. The Morgan fingerprint density at radius 1 is 0.733 bits per heavy atom. The van der Waals surface area contributed by atoms with Crippen LogP contribution in [-0.2, 0) is 6.42 Å². The van der Waals surface area contributed by atoms with E-state index < -0.39 is 0 Å². The summed E-state index contributed by atoms with van der Waals surface area (Å²) < 4.78 is 0. The molecule has 0 radical (unpaired) electrons. The monoisotopic (exact) mass is 330 g/mol. The van der Waals surface area contributed by atoms with Gasteiger partial charge in [0.15, 0.2) is 0 Å². The van der Waals surface area contributed by atoms with Crippen molar-refractivity contribution in [2.75, 3.05) is 0 Å². The van der Waals surface area contributed by atoms with E-state index in [1.54, 1.807) is 12.4 Å². The number of pyridine rings is 2. The van der Waals surface area contributed by atoms with Crippen LogP contribution in [0.2, 0.25) is 0 Å². The zero-order chi connectivity index (χ0) is 8.93. The van der Waals surface area contributed by atoms with Crippen LogP contribution in [0.4, 0.5) is 0 Å². The summed E-state index contributed by atoms with van der Waals surface area (Å²) in [5.74, 6) is 0. The highest BCUT2D eigenvalue weighted by molar-refractivity contribution is 8.93. The van der Waals surface area contributed by atoms with Gasteiger partial charge in [-0.25, -0.2) is 0 Å². The molecule has 0 saturated carbocycles. The molecule has 2 heterocycles. The van der Waals surface area contributed by atoms with E-state index in [1.807, 2.05) is 36.4 Å². The molecule has 15 heavy (non-hydrogen) atoms. The van der Waals surface area contributed by atoms with Crippen LogP contribution in [0.3, 0.4) is 0 Å². The number of hydrogen-bond acceptors (Lipinski definition) is 2. The van der Waals surface area contributed by atoms with Crippen molar-refractivity contribution < 1.29 is 0 Å². The molecule has 0 spiro atoms. The molecule has 0 atom stereocenters. The summed E-state index contributed by atoms with van der Waals surface area (Å²) in [6.45, 7) is 0. The van der Waals surface area contributed by atoms with Crippen molar-refractivity contribution in [3.63, 3.8) is 0 Å². The second-order valence-corrected chi connectivity index (χ2v) is 2.82. The molecule has 0 aliphatic heterocycles. The Bertz CT molecular complexity index is 327. The van der Waals surface area contributed by atoms with Crippen molar-refractivity contribution in [2.24, 2.45) is 0 Å². The zero-order valence-corrected chi connectivity index (χ0v) is 11.5. The predicted molar refractivity (Wildman–Crippen MR) is 71.9 cm³/mol. The van der Waals surface area contributed by atoms with Gasteiger partial charge in [0.25, 0.3) is 0 Å². The van der Waals surface area contributed by atoms with E-state index in [9.17, 15) is 0 Å². The molecule has 0 aromatic carbocycles. The van der Waals surface area contributed by atoms with Gasteiger partial charge in [-0.2, -0.15) is 0 Å². The minimum absolute atomic E-state index is 0. The van der Waals surface area contributed by atoms with Gasteiger partial charge in [-0.1, -0.05) is 12.1 Å². The lowest BCUT2D eigenvalue weighted by molar-refractivity contribution is 1.01. The maximum absolute atomic E-state index is 4.23. The molecule has 80 valence electrons. The fourth-order valence-corrected chi connectivity index (χ4v) is 1.19. The van der Waals surface area contributed by atoms with Gasteiger partial charge >= 0.3 is 0 Å². The summed E-state index contributed by atoms with van der Waals surface area (Å²) in [4.78, 5) is 8.47. The average Bonchev–Trinajstić information content (AvgIpc) is 2.21. The van der Waals surface area contributed by atoms with Crippen LogP contribution < -0.4 is 0 Å². The minimum atomic E-state index is 0. The first kappa shape index (κ1) is 14.3. The highest BCUT2D eigenvalue weighted by Gasteiger charge is 1.95. The maximum atomic E-state index is 4.23. The number of halogens is 2. The largest absolute Gasteiger partial charge is 0.261 e. The first-order chi connectivity index (χ1) is 6.45. The van der Waals surface area contributed by atoms with Crippen molar-refractivity contribution in [1.29, 1.82) is 0 Å². The van der Waals surface area contributed by atoms with Gasteiger partial charge in [-0.15, -0.1) is 34.0 Å². The van der Waals surface area contributed by atoms with Crippen molar-refractivity contribution in [3.05, 3.63) is 60.2 Å². The molecule has 4 heteroatoms. The molecule has 0 amide bonds. The number of aromatic nitrogens is 2. The first-order valence-corrected chi connectivity index (χ1v) is 4.25. The third kappa shape index (κ3) is 4.53. The Hall–Kier alpha value is -0.740. The smallest absolute Gasteiger partial charge is 0.0463 e. The fourth-order valence-electron chi connectivity index (χ4n) is 1.19. The topological polar surface area (TPSA) is 25.8 Å². The van der Waals surface area contributed by atoms with E-state index in [4.69, 9.17) is 0 Å². The maximum Gasteiger partial charge on any atom is 0.0463 e. The van der Waals surface area contributed by atoms with Gasteiger partial charge in [-0.3, -0.25) is 9.97 Å². The SMILES string of the molecule is Br.Br.c1ccc(Cc2ccccn2)nc1. The minimum Gasteiger partial charge on any atom is -0.261 e. The van der Waals surface area contributed by atoms with Crippen LogP contribution in [0.1, 0.15) is 11.4 Å². The average molecular weight is 332 g/mol. The Morgan fingerprint density at radius 2 is 1.20 bits per heavy atom. The summed E-state index contributed by atoms with van der Waals surface area (Å²) in [6, 6.07) is 11.8. The normalized spacial score (nSPS) is 8.53. The highest BCUT2D eigenvalue weighted by atomic mass is 79.9. The van der Waals surface area contributed by atoms with E-state index in [0.717, 1.165) is 17.8 Å². The molecular formula is C11H12Br2N2. The Kier molecular flexibility index (Phi) is 7.17. The van der Waals surface area contributed by atoms with Gasteiger partial charge < -0.3 is 0 Å². The van der Waals surface area contributed by atoms with Crippen LogP contribution in [0.25, 0.3) is 0 Å². The van der Waals surface area contributed by atoms with Crippen molar-refractivity contribution >= 4 is 34.0 Å². The predicted octanol–water partition coefficient (Wildman–Crippen LogP) is 3.22. The number of hydrogen-bond donors (Lipinski definition) is 0. The van der Waals surface area contributed by atoms with E-state index >= 15 is 0 Å². The summed E-state index contributed by atoms with van der Waals surface area (Å²) in [6.07, 6.45) is 4.41. The van der Waals surface area contributed by atoms with E-state index in [2.05, 4.69) is 9.97 Å². The van der Waals surface area contributed by atoms with E-state index in [-0.39, 0.29) is 34.0 Å². The molecule has 0 N–H and O–H groups in total. The van der Waals surface area contributed by atoms with Crippen LogP contribution >= 0.6 is 34.0 Å². The molecule has 2 rings (SSSR count). The second-order valence-electron chi connectivity index (χ2n) is 2.82. The quantitative estimate of drug-likeness (QED) is 0.844. The molecule has 2 nitrogen and oxygen atoms in total. The standard InChI is InChI=1S/C11H10N2.2BrH/c1-3-7-12-10(5-1)9-11-6-2-4-8-13-11;;/h1-8H,9H2;2*1H. The molecule has 0 saturated heterocycles. The Balaban J connectivity index is 0.000000980. The molecule has 0 aliphatic carbocycles. The van der Waals surface area contributed by atoms with Gasteiger partial charge in [0.2, 0.25) is 0 Å². The number of nitrogens with zero attached hydrogens (tertiary/aromatic N) is 2. The van der Waals surface area contributed by atoms with E-state index in [1.165, 1.54) is 0 Å². The lowest BCUT2D eigenvalue weighted by Gasteiger charge is -1.98. The van der Waals surface area contributed by atoms with Crippen molar-refractivity contribution in [3.8, 4) is 0 Å². The Labute approximate surface area is 110 Å². The summed E-state index contributed by atoms with van der Waals surface area (Å²) in [5.41, 5.74) is 2.11. The first-order valence-electron chi connectivity index (χ1n) is 4.25. The second kappa shape index (κ2) is 7.54. The van der Waals surface area contributed by atoms with Gasteiger partial charge in [0.05, 0.1) is 0 Å². The van der Waals surface area contributed by atoms with Crippen LogP contribution in [0.15, 0.2) is 48.8 Å². The third-order valence-electron chi connectivity index (χ3n) is 1.81. The molecule has 0 bridgehead atoms. The van der Waals surface area contributed by atoms with Crippen LogP contribution in [0.5, 0.6) is 0 Å². The summed E-state index contributed by atoms with van der Waals surface area (Å²) in [5, 5.41) is 0. The fraction of sp³-hybridized carbons (Fsp3) is 0.0909. The zero-order valence-electron chi connectivity index (χ0n) is 8.04. The summed E-state index contributed by atoms with van der Waals surface area (Å²) in [7, 11) is 0. The highest BCUT2D eigenvalue weighted by Crippen LogP contribution is 2.02. The Morgan fingerprint density at radius 3 is 1.53 bits per heavy atom. The molecule has 0 fully saturated rings. The molecule has 0 aliphatic rings. The molecule has 2 aromatic rings. The van der Waals surface area contributed by atoms with Gasteiger partial charge in [0, 0.05) is 30.2 Å². The lowest BCUT2D eigenvalue weighted by Crippen LogP contribution is -1.92. The molecular weight excluding hydrogens is 320 g/mol. The van der Waals surface area contributed by atoms with Gasteiger partial charge in [-0.05, 0) is 24.3 Å². The van der Waals surface area contributed by atoms with Crippen molar-refractivity contribution in [2.45, 2.75) is 6.42 Å². The van der Waals surface area contributed by atoms with Crippen molar-refractivity contribution in [1.82, 2.24) is 9.97 Å². The van der Waals surface area contributed by atoms with Crippen LogP contribution in [0, 0.1) is 0 Å².